The van der Waals surface area contributed by atoms with Gasteiger partial charge >= 0.3 is 0 Å². The zero-order valence-corrected chi connectivity index (χ0v) is 14.8. The Morgan fingerprint density at radius 2 is 1.59 bits per heavy atom. The van der Waals surface area contributed by atoms with Crippen LogP contribution in [0.25, 0.3) is 0 Å². The predicted molar refractivity (Wildman–Crippen MR) is 97.2 cm³/mol. The second-order valence-electron chi connectivity index (χ2n) is 5.01. The Morgan fingerprint density at radius 1 is 1.05 bits per heavy atom. The van der Waals surface area contributed by atoms with Gasteiger partial charge in [-0.1, -0.05) is 47.5 Å². The average molecular weight is 354 g/mol. The lowest BCUT2D eigenvalue weighted by Gasteiger charge is -2.11. The molecular weight excluding hydrogens is 337 g/mol. The van der Waals surface area contributed by atoms with Gasteiger partial charge < -0.3 is 5.32 Å². The standard InChI is InChI=1S/C17H17Cl2NOS/c1-11-5-3-6-12(2)17(11)20-16(21)10-22-9-13-14(18)7-4-8-15(13)19/h3-8H,9-10H2,1-2H3,(H,20,21). The van der Waals surface area contributed by atoms with Crippen LogP contribution in [0.15, 0.2) is 36.4 Å². The van der Waals surface area contributed by atoms with Crippen molar-refractivity contribution in [2.24, 2.45) is 0 Å². The summed E-state index contributed by atoms with van der Waals surface area (Å²) in [6.07, 6.45) is 0. The Balaban J connectivity index is 1.91. The molecule has 0 heterocycles. The molecule has 0 saturated carbocycles. The van der Waals surface area contributed by atoms with Gasteiger partial charge in [0.1, 0.15) is 0 Å². The van der Waals surface area contributed by atoms with Crippen LogP contribution in [-0.4, -0.2) is 11.7 Å². The summed E-state index contributed by atoms with van der Waals surface area (Å²) in [4.78, 5) is 12.1. The predicted octanol–water partition coefficient (Wildman–Crippen LogP) is 5.48. The van der Waals surface area contributed by atoms with Crippen LogP contribution in [0.5, 0.6) is 0 Å². The van der Waals surface area contributed by atoms with Crippen LogP contribution in [0.4, 0.5) is 5.69 Å². The Bertz CT molecular complexity index is 648. The van der Waals surface area contributed by atoms with E-state index in [0.29, 0.717) is 21.6 Å². The second kappa shape index (κ2) is 7.91. The minimum absolute atomic E-state index is 0.0226. The molecule has 0 fully saturated rings. The van der Waals surface area contributed by atoms with Crippen molar-refractivity contribution in [3.05, 3.63) is 63.1 Å². The van der Waals surface area contributed by atoms with Crippen LogP contribution in [0, 0.1) is 13.8 Å². The number of carbonyl (C=O) groups excluding carboxylic acids is 1. The third kappa shape index (κ3) is 4.42. The number of benzene rings is 2. The zero-order chi connectivity index (χ0) is 16.1. The summed E-state index contributed by atoms with van der Waals surface area (Å²) >= 11 is 13.7. The van der Waals surface area contributed by atoms with E-state index < -0.39 is 0 Å². The smallest absolute Gasteiger partial charge is 0.234 e. The third-order valence-electron chi connectivity index (χ3n) is 3.29. The van der Waals surface area contributed by atoms with Gasteiger partial charge in [-0.25, -0.2) is 0 Å². The maximum Gasteiger partial charge on any atom is 0.234 e. The normalized spacial score (nSPS) is 10.5. The van der Waals surface area contributed by atoms with Crippen molar-refractivity contribution >= 4 is 46.6 Å². The number of amides is 1. The highest BCUT2D eigenvalue weighted by molar-refractivity contribution is 7.99. The molecule has 0 atom stereocenters. The summed E-state index contributed by atoms with van der Waals surface area (Å²) in [6.45, 7) is 3.97. The minimum atomic E-state index is -0.0226. The molecule has 0 saturated heterocycles. The molecular formula is C17H17Cl2NOS. The third-order valence-corrected chi connectivity index (χ3v) is 4.95. The molecule has 0 aliphatic rings. The Morgan fingerprint density at radius 3 is 2.18 bits per heavy atom. The summed E-state index contributed by atoms with van der Waals surface area (Å²) in [5, 5.41) is 4.24. The molecule has 22 heavy (non-hydrogen) atoms. The number of anilines is 1. The van der Waals surface area contributed by atoms with Gasteiger partial charge in [-0.05, 0) is 42.7 Å². The van der Waals surface area contributed by atoms with E-state index in [1.807, 2.05) is 38.1 Å². The largest absolute Gasteiger partial charge is 0.325 e. The minimum Gasteiger partial charge on any atom is -0.325 e. The fourth-order valence-electron chi connectivity index (χ4n) is 2.10. The van der Waals surface area contributed by atoms with Gasteiger partial charge in [0.25, 0.3) is 0 Å². The second-order valence-corrected chi connectivity index (χ2v) is 6.81. The maximum absolute atomic E-state index is 12.1. The number of hydrogen-bond acceptors (Lipinski definition) is 2. The van der Waals surface area contributed by atoms with Crippen molar-refractivity contribution < 1.29 is 4.79 Å². The fourth-order valence-corrected chi connectivity index (χ4v) is 3.67. The van der Waals surface area contributed by atoms with Crippen molar-refractivity contribution in [2.75, 3.05) is 11.1 Å². The van der Waals surface area contributed by atoms with Gasteiger partial charge in [-0.2, -0.15) is 0 Å². The number of para-hydroxylation sites is 1. The molecule has 116 valence electrons. The zero-order valence-electron chi connectivity index (χ0n) is 12.5. The maximum atomic E-state index is 12.1. The highest BCUT2D eigenvalue weighted by Gasteiger charge is 2.09. The van der Waals surface area contributed by atoms with Crippen LogP contribution in [0.2, 0.25) is 10.0 Å². The lowest BCUT2D eigenvalue weighted by molar-refractivity contribution is -0.113. The van der Waals surface area contributed by atoms with Crippen LogP contribution < -0.4 is 5.32 Å². The molecule has 0 bridgehead atoms. The van der Waals surface area contributed by atoms with Crippen LogP contribution in [0.3, 0.4) is 0 Å². The van der Waals surface area contributed by atoms with E-state index in [2.05, 4.69) is 5.32 Å². The lowest BCUT2D eigenvalue weighted by Crippen LogP contribution is -2.15. The number of nitrogens with one attached hydrogen (secondary N) is 1. The molecule has 1 amide bonds. The quantitative estimate of drug-likeness (QED) is 0.770. The molecule has 2 rings (SSSR count). The number of halogens is 2. The summed E-state index contributed by atoms with van der Waals surface area (Å²) in [6, 6.07) is 11.4. The molecule has 0 radical (unpaired) electrons. The summed E-state index contributed by atoms with van der Waals surface area (Å²) in [5.41, 5.74) is 3.89. The molecule has 0 aromatic heterocycles. The van der Waals surface area contributed by atoms with E-state index in [9.17, 15) is 4.79 Å². The number of aryl methyl sites for hydroxylation is 2. The molecule has 2 nitrogen and oxygen atoms in total. The first kappa shape index (κ1) is 17.2. The van der Waals surface area contributed by atoms with Gasteiger partial charge in [0, 0.05) is 21.5 Å². The summed E-state index contributed by atoms with van der Waals surface area (Å²) in [7, 11) is 0. The topological polar surface area (TPSA) is 29.1 Å². The van der Waals surface area contributed by atoms with E-state index >= 15 is 0 Å². The van der Waals surface area contributed by atoms with Gasteiger partial charge in [0.05, 0.1) is 5.75 Å². The van der Waals surface area contributed by atoms with Crippen LogP contribution >= 0.6 is 35.0 Å². The van der Waals surface area contributed by atoms with E-state index in [1.54, 1.807) is 12.1 Å². The first-order chi connectivity index (χ1) is 10.5. The van der Waals surface area contributed by atoms with Crippen molar-refractivity contribution in [3.8, 4) is 0 Å². The van der Waals surface area contributed by atoms with Crippen molar-refractivity contribution in [1.29, 1.82) is 0 Å². The van der Waals surface area contributed by atoms with E-state index in [0.717, 1.165) is 22.4 Å². The molecule has 2 aromatic carbocycles. The molecule has 5 heteroatoms. The SMILES string of the molecule is Cc1cccc(C)c1NC(=O)CSCc1c(Cl)cccc1Cl. The highest BCUT2D eigenvalue weighted by Crippen LogP contribution is 2.28. The van der Waals surface area contributed by atoms with E-state index in [4.69, 9.17) is 23.2 Å². The van der Waals surface area contributed by atoms with Gasteiger partial charge in [0.2, 0.25) is 5.91 Å². The fraction of sp³-hybridized carbons (Fsp3) is 0.235. The molecule has 1 N–H and O–H groups in total. The molecule has 2 aromatic rings. The highest BCUT2D eigenvalue weighted by atomic mass is 35.5. The lowest BCUT2D eigenvalue weighted by atomic mass is 10.1. The first-order valence-corrected chi connectivity index (χ1v) is 8.77. The number of hydrogen-bond donors (Lipinski definition) is 1. The van der Waals surface area contributed by atoms with Crippen LogP contribution in [-0.2, 0) is 10.5 Å². The van der Waals surface area contributed by atoms with Crippen molar-refractivity contribution in [3.63, 3.8) is 0 Å². The first-order valence-electron chi connectivity index (χ1n) is 6.85. The number of carbonyl (C=O) groups is 1. The molecule has 0 aliphatic heterocycles. The monoisotopic (exact) mass is 353 g/mol. The summed E-state index contributed by atoms with van der Waals surface area (Å²) < 4.78 is 0. The number of rotatable bonds is 5. The average Bonchev–Trinajstić information content (AvgIpc) is 2.46. The number of thioether (sulfide) groups is 1. The van der Waals surface area contributed by atoms with Crippen molar-refractivity contribution in [2.45, 2.75) is 19.6 Å². The van der Waals surface area contributed by atoms with Gasteiger partial charge in [-0.15, -0.1) is 11.8 Å². The summed E-state index contributed by atoms with van der Waals surface area (Å²) in [5.74, 6) is 0.944. The van der Waals surface area contributed by atoms with Gasteiger partial charge in [-0.3, -0.25) is 4.79 Å². The molecule has 0 aliphatic carbocycles. The van der Waals surface area contributed by atoms with E-state index in [1.165, 1.54) is 11.8 Å². The van der Waals surface area contributed by atoms with Crippen LogP contribution in [0.1, 0.15) is 16.7 Å². The van der Waals surface area contributed by atoms with Crippen molar-refractivity contribution in [1.82, 2.24) is 0 Å². The Kier molecular flexibility index (Phi) is 6.18. The van der Waals surface area contributed by atoms with Gasteiger partial charge in [0.15, 0.2) is 0 Å². The Labute approximate surface area is 145 Å². The molecule has 0 spiro atoms. The Hall–Kier alpha value is -1.16. The molecule has 0 unspecified atom stereocenters. The van der Waals surface area contributed by atoms with E-state index in [-0.39, 0.29) is 5.91 Å².